The van der Waals surface area contributed by atoms with Crippen LogP contribution in [-0.2, 0) is 17.0 Å². The van der Waals surface area contributed by atoms with Gasteiger partial charge in [-0.05, 0) is 17.9 Å². The summed E-state index contributed by atoms with van der Waals surface area (Å²) in [4.78, 5) is 17.0. The molecular formula is C13H15N5O3S2. The lowest BCUT2D eigenvalue weighted by molar-refractivity contribution is 0.189. The number of rotatable bonds is 8. The van der Waals surface area contributed by atoms with Gasteiger partial charge in [-0.2, -0.15) is 4.98 Å². The molecule has 0 aliphatic carbocycles. The van der Waals surface area contributed by atoms with Crippen LogP contribution in [0.4, 0.5) is 0 Å². The molecule has 3 aromatic heterocycles. The van der Waals surface area contributed by atoms with E-state index >= 15 is 0 Å². The van der Waals surface area contributed by atoms with Gasteiger partial charge in [0.1, 0.15) is 0 Å². The summed E-state index contributed by atoms with van der Waals surface area (Å²) >= 11 is 2.93. The van der Waals surface area contributed by atoms with Gasteiger partial charge in [0.2, 0.25) is 0 Å². The van der Waals surface area contributed by atoms with Gasteiger partial charge in [-0.3, -0.25) is 4.57 Å². The molecule has 0 saturated carbocycles. The summed E-state index contributed by atoms with van der Waals surface area (Å²) in [6, 6.07) is 3.86. The van der Waals surface area contributed by atoms with Crippen LogP contribution in [0, 0.1) is 0 Å². The van der Waals surface area contributed by atoms with Crippen LogP contribution in [0.25, 0.3) is 10.8 Å². The molecule has 3 heterocycles. The van der Waals surface area contributed by atoms with Crippen molar-refractivity contribution in [2.24, 2.45) is 0 Å². The van der Waals surface area contributed by atoms with E-state index in [9.17, 15) is 4.79 Å². The second-order valence-corrected chi connectivity index (χ2v) is 6.48. The minimum atomic E-state index is -0.226. The van der Waals surface area contributed by atoms with E-state index in [0.29, 0.717) is 35.8 Å². The van der Waals surface area contributed by atoms with Gasteiger partial charge >= 0.3 is 5.69 Å². The van der Waals surface area contributed by atoms with Gasteiger partial charge in [-0.1, -0.05) is 23.0 Å². The first-order valence-corrected chi connectivity index (χ1v) is 8.78. The lowest BCUT2D eigenvalue weighted by atomic mass is 10.4. The van der Waals surface area contributed by atoms with Crippen molar-refractivity contribution in [3.63, 3.8) is 0 Å². The van der Waals surface area contributed by atoms with Crippen LogP contribution in [-0.4, -0.2) is 38.6 Å². The summed E-state index contributed by atoms with van der Waals surface area (Å²) in [6.45, 7) is 1.15. The monoisotopic (exact) mass is 353 g/mol. The van der Waals surface area contributed by atoms with E-state index in [0.717, 1.165) is 11.3 Å². The number of thioether (sulfide) groups is 1. The van der Waals surface area contributed by atoms with Crippen molar-refractivity contribution < 1.29 is 9.26 Å². The molecule has 0 radical (unpaired) electrons. The maximum absolute atomic E-state index is 11.7. The molecule has 0 amide bonds. The first-order valence-electron chi connectivity index (χ1n) is 6.91. The molecule has 0 saturated heterocycles. The molecule has 0 aliphatic heterocycles. The Balaban J connectivity index is 1.63. The minimum Gasteiger partial charge on any atom is -0.385 e. The van der Waals surface area contributed by atoms with E-state index < -0.39 is 0 Å². The van der Waals surface area contributed by atoms with Crippen LogP contribution < -0.4 is 5.69 Å². The average molecular weight is 353 g/mol. The van der Waals surface area contributed by atoms with Gasteiger partial charge in [0.15, 0.2) is 11.0 Å². The third-order valence-corrected chi connectivity index (χ3v) is 4.81. The highest BCUT2D eigenvalue weighted by Crippen LogP contribution is 2.24. The quantitative estimate of drug-likeness (QED) is 0.488. The fraction of sp³-hybridized carbons (Fsp3) is 0.385. The summed E-state index contributed by atoms with van der Waals surface area (Å²) in [5.74, 6) is 1.55. The smallest absolute Gasteiger partial charge is 0.343 e. The average Bonchev–Trinajstić information content (AvgIpc) is 3.27. The molecule has 0 atom stereocenters. The highest BCUT2D eigenvalue weighted by atomic mass is 32.2. The molecular weight excluding hydrogens is 338 g/mol. The van der Waals surface area contributed by atoms with Crippen molar-refractivity contribution in [1.82, 2.24) is 24.9 Å². The van der Waals surface area contributed by atoms with Gasteiger partial charge < -0.3 is 9.26 Å². The molecule has 0 aromatic carbocycles. The molecule has 122 valence electrons. The Morgan fingerprint density at radius 1 is 1.52 bits per heavy atom. The summed E-state index contributed by atoms with van der Waals surface area (Å²) in [6.07, 6.45) is 0.744. The number of aromatic amines is 1. The summed E-state index contributed by atoms with van der Waals surface area (Å²) in [5.41, 5.74) is -0.226. The molecule has 0 fully saturated rings. The van der Waals surface area contributed by atoms with Crippen LogP contribution in [0.5, 0.6) is 0 Å². The molecule has 0 unspecified atom stereocenters. The predicted octanol–water partition coefficient (Wildman–Crippen LogP) is 2.01. The van der Waals surface area contributed by atoms with Crippen molar-refractivity contribution in [2.75, 3.05) is 13.7 Å². The van der Waals surface area contributed by atoms with E-state index in [2.05, 4.69) is 20.3 Å². The standard InChI is InChI=1S/C13H15N5O3S2/c1-20-6-3-5-18-12(19)15-16-13(18)23-8-10-14-11(21-17-10)9-4-2-7-22-9/h2,4,7H,3,5-6,8H2,1H3,(H,15,19). The largest absolute Gasteiger partial charge is 0.385 e. The first kappa shape index (κ1) is 16.0. The third kappa shape index (κ3) is 3.89. The van der Waals surface area contributed by atoms with E-state index in [1.165, 1.54) is 11.8 Å². The van der Waals surface area contributed by atoms with Crippen LogP contribution in [0.2, 0.25) is 0 Å². The third-order valence-electron chi connectivity index (χ3n) is 2.98. The van der Waals surface area contributed by atoms with Crippen LogP contribution in [0.3, 0.4) is 0 Å². The Bertz CT molecular complexity index is 793. The van der Waals surface area contributed by atoms with Crippen molar-refractivity contribution in [3.05, 3.63) is 33.8 Å². The summed E-state index contributed by atoms with van der Waals surface area (Å²) < 4.78 is 11.8. The molecule has 0 aliphatic rings. The van der Waals surface area contributed by atoms with Gasteiger partial charge in [-0.25, -0.2) is 9.89 Å². The zero-order valence-corrected chi connectivity index (χ0v) is 14.0. The molecule has 3 rings (SSSR count). The van der Waals surface area contributed by atoms with Crippen molar-refractivity contribution >= 4 is 23.1 Å². The topological polar surface area (TPSA) is 98.8 Å². The van der Waals surface area contributed by atoms with Gasteiger partial charge in [0.05, 0.1) is 10.6 Å². The Morgan fingerprint density at radius 2 is 2.43 bits per heavy atom. The highest BCUT2D eigenvalue weighted by molar-refractivity contribution is 7.98. The zero-order chi connectivity index (χ0) is 16.1. The Morgan fingerprint density at radius 3 is 3.22 bits per heavy atom. The SMILES string of the molecule is COCCCn1c(SCc2noc(-c3cccs3)n2)n[nH]c1=O. The van der Waals surface area contributed by atoms with Crippen molar-refractivity contribution in [2.45, 2.75) is 23.9 Å². The van der Waals surface area contributed by atoms with Crippen LogP contribution >= 0.6 is 23.1 Å². The Hall–Kier alpha value is -1.91. The number of methoxy groups -OCH3 is 1. The van der Waals surface area contributed by atoms with Gasteiger partial charge in [0, 0.05) is 20.3 Å². The van der Waals surface area contributed by atoms with Gasteiger partial charge in [-0.15, -0.1) is 16.4 Å². The summed E-state index contributed by atoms with van der Waals surface area (Å²) in [5, 5.41) is 13.0. The first-order chi connectivity index (χ1) is 11.3. The number of H-pyrrole nitrogens is 1. The van der Waals surface area contributed by atoms with Gasteiger partial charge in [0.25, 0.3) is 5.89 Å². The van der Waals surface area contributed by atoms with E-state index in [4.69, 9.17) is 9.26 Å². The van der Waals surface area contributed by atoms with Crippen molar-refractivity contribution in [3.8, 4) is 10.8 Å². The van der Waals surface area contributed by atoms with Crippen LogP contribution in [0.1, 0.15) is 12.2 Å². The number of thiophene rings is 1. The van der Waals surface area contributed by atoms with E-state index in [1.807, 2.05) is 17.5 Å². The number of hydrogen-bond acceptors (Lipinski definition) is 8. The molecule has 1 N–H and O–H groups in total. The van der Waals surface area contributed by atoms with Crippen LogP contribution in [0.15, 0.2) is 32.0 Å². The molecule has 10 heteroatoms. The van der Waals surface area contributed by atoms with Crippen molar-refractivity contribution in [1.29, 1.82) is 0 Å². The second-order valence-electron chi connectivity index (χ2n) is 4.59. The molecule has 23 heavy (non-hydrogen) atoms. The normalized spacial score (nSPS) is 11.2. The molecule has 0 bridgehead atoms. The highest BCUT2D eigenvalue weighted by Gasteiger charge is 2.13. The molecule has 8 nitrogen and oxygen atoms in total. The maximum Gasteiger partial charge on any atom is 0.343 e. The number of nitrogens with zero attached hydrogens (tertiary/aromatic N) is 4. The Kier molecular flexibility index (Phi) is 5.26. The minimum absolute atomic E-state index is 0.226. The molecule has 0 spiro atoms. The lowest BCUT2D eigenvalue weighted by Crippen LogP contribution is -2.18. The second kappa shape index (κ2) is 7.57. The fourth-order valence-corrected chi connectivity index (χ4v) is 3.38. The van der Waals surface area contributed by atoms with E-state index in [1.54, 1.807) is 23.0 Å². The number of nitrogens with one attached hydrogen (secondary N) is 1. The fourth-order valence-electron chi connectivity index (χ4n) is 1.92. The Labute approximate surface area is 139 Å². The predicted molar refractivity (Wildman–Crippen MR) is 86.5 cm³/mol. The number of aromatic nitrogens is 5. The zero-order valence-electron chi connectivity index (χ0n) is 12.4. The number of hydrogen-bond donors (Lipinski definition) is 1. The molecule has 3 aromatic rings. The lowest BCUT2D eigenvalue weighted by Gasteiger charge is -2.03. The number of ether oxygens (including phenoxy) is 1. The summed E-state index contributed by atoms with van der Waals surface area (Å²) in [7, 11) is 1.63. The van der Waals surface area contributed by atoms with E-state index in [-0.39, 0.29) is 5.69 Å². The maximum atomic E-state index is 11.7.